The second-order valence-electron chi connectivity index (χ2n) is 9.33. The first-order chi connectivity index (χ1) is 18.1. The predicted octanol–water partition coefficient (Wildman–Crippen LogP) is 3.07. The maximum Gasteiger partial charge on any atom is 0.196 e. The lowest BCUT2D eigenvalue weighted by Gasteiger charge is -2.19. The molecule has 180 valence electrons. The molecule has 2 aliphatic rings. The first-order valence-corrected chi connectivity index (χ1v) is 12.7. The highest BCUT2D eigenvalue weighted by Crippen LogP contribution is 2.21. The molecule has 0 saturated carbocycles. The van der Waals surface area contributed by atoms with Gasteiger partial charge in [0.25, 0.3) is 0 Å². The molecular weight excluding hydrogens is 456 g/mol. The van der Waals surface area contributed by atoms with Crippen LogP contribution in [-0.4, -0.2) is 9.13 Å². The Hall–Kier alpha value is -4.62. The smallest absolute Gasteiger partial charge is 0.196 e. The molecule has 0 spiro atoms. The molecule has 0 fully saturated rings. The number of pyridine rings is 2. The molecule has 0 saturated heterocycles. The summed E-state index contributed by atoms with van der Waals surface area (Å²) in [5.74, 6) is 2.56. The van der Waals surface area contributed by atoms with Crippen LogP contribution in [0.4, 0.5) is 0 Å². The van der Waals surface area contributed by atoms with Crippen molar-refractivity contribution in [2.75, 3.05) is 0 Å². The zero-order chi connectivity index (χ0) is 25.5. The van der Waals surface area contributed by atoms with Crippen LogP contribution in [0, 0.1) is 12.3 Å². The van der Waals surface area contributed by atoms with Gasteiger partial charge in [-0.05, 0) is 69.0 Å². The van der Waals surface area contributed by atoms with E-state index in [4.69, 9.17) is 6.42 Å². The van der Waals surface area contributed by atoms with E-state index in [9.17, 15) is 9.59 Å². The van der Waals surface area contributed by atoms with Gasteiger partial charge in [0.05, 0.1) is 21.7 Å². The Labute approximate surface area is 213 Å². The molecule has 0 aliphatic heterocycles. The fraction of sp³-hybridized carbons (Fsp3) is 0.152. The molecule has 2 aromatic heterocycles. The van der Waals surface area contributed by atoms with E-state index in [0.717, 1.165) is 53.3 Å². The minimum absolute atomic E-state index is 0.0107. The van der Waals surface area contributed by atoms with Crippen molar-refractivity contribution in [3.63, 3.8) is 0 Å². The third kappa shape index (κ3) is 3.55. The molecule has 0 N–H and O–H groups in total. The Morgan fingerprint density at radius 1 is 0.838 bits per heavy atom. The highest BCUT2D eigenvalue weighted by Gasteiger charge is 2.17. The Bertz CT molecular complexity index is 2080. The number of hydrogen-bond acceptors (Lipinski definition) is 2. The molecule has 2 aliphatic carbocycles. The van der Waals surface area contributed by atoms with Gasteiger partial charge in [0.15, 0.2) is 10.9 Å². The summed E-state index contributed by atoms with van der Waals surface area (Å²) in [4.78, 5) is 27.8. The summed E-state index contributed by atoms with van der Waals surface area (Å²) < 4.78 is 4.19. The van der Waals surface area contributed by atoms with Crippen molar-refractivity contribution in [3.05, 3.63) is 102 Å². The zero-order valence-corrected chi connectivity index (χ0v) is 20.7. The van der Waals surface area contributed by atoms with Gasteiger partial charge in [-0.3, -0.25) is 9.59 Å². The molecule has 0 bridgehead atoms. The number of hydrogen-bond donors (Lipinski definition) is 0. The van der Waals surface area contributed by atoms with E-state index in [1.165, 1.54) is 0 Å². The van der Waals surface area contributed by atoms with Crippen molar-refractivity contribution < 1.29 is 0 Å². The second kappa shape index (κ2) is 9.11. The van der Waals surface area contributed by atoms with Crippen molar-refractivity contribution in [1.82, 2.24) is 9.13 Å². The molecule has 37 heavy (non-hydrogen) atoms. The Morgan fingerprint density at radius 2 is 1.43 bits per heavy atom. The first-order valence-electron chi connectivity index (χ1n) is 12.7. The van der Waals surface area contributed by atoms with Gasteiger partial charge in [-0.1, -0.05) is 54.5 Å². The van der Waals surface area contributed by atoms with Crippen LogP contribution in [0.2, 0.25) is 0 Å². The summed E-state index contributed by atoms with van der Waals surface area (Å²) in [6.45, 7) is 1.95. The van der Waals surface area contributed by atoms with Gasteiger partial charge < -0.3 is 9.13 Å². The van der Waals surface area contributed by atoms with E-state index in [-0.39, 0.29) is 10.9 Å². The maximum absolute atomic E-state index is 13.9. The minimum atomic E-state index is -0.0178. The van der Waals surface area contributed by atoms with Crippen LogP contribution in [0.25, 0.3) is 57.5 Å². The normalized spacial score (nSPS) is 14.8. The van der Waals surface area contributed by atoms with Gasteiger partial charge in [-0.25, -0.2) is 0 Å². The number of rotatable bonds is 3. The lowest BCUT2D eigenvalue weighted by Crippen LogP contribution is -2.47. The SMILES string of the molecule is C#C/C=C\C(=C/C)n1c2c(c(=O)c3cc4c(cc31)c(=O)c1c(n4-c3ccccc3)=CCCC=1)=CCCC=2. The molecule has 0 amide bonds. The molecule has 0 radical (unpaired) electrons. The second-order valence-corrected chi connectivity index (χ2v) is 9.33. The molecule has 4 nitrogen and oxygen atoms in total. The van der Waals surface area contributed by atoms with E-state index in [1.54, 1.807) is 6.08 Å². The summed E-state index contributed by atoms with van der Waals surface area (Å²) in [5.41, 5.74) is 3.22. The zero-order valence-electron chi connectivity index (χ0n) is 20.7. The number of terminal acetylenes is 1. The van der Waals surface area contributed by atoms with Gasteiger partial charge in [0.2, 0.25) is 0 Å². The van der Waals surface area contributed by atoms with Crippen LogP contribution < -0.4 is 32.0 Å². The van der Waals surface area contributed by atoms with Crippen LogP contribution in [-0.2, 0) is 0 Å². The predicted molar refractivity (Wildman–Crippen MR) is 154 cm³/mol. The van der Waals surface area contributed by atoms with Crippen LogP contribution in [0.3, 0.4) is 0 Å². The molecule has 2 aromatic carbocycles. The standard InChI is InChI=1S/C33H26N2O2/c1-3-5-13-22(4-2)34-28-18-11-9-16-24(28)32(36)26-21-31-27(20-30(26)34)33(37)25-17-10-12-19-29(25)35(31)23-14-7-6-8-15-23/h1,4-8,13-21H,9-12H2,2H3/b13-5-,22-4+. The highest BCUT2D eigenvalue weighted by molar-refractivity contribution is 5.97. The number of aromatic nitrogens is 2. The van der Waals surface area contributed by atoms with E-state index in [1.807, 2.05) is 73.7 Å². The summed E-state index contributed by atoms with van der Waals surface area (Å²) in [7, 11) is 0. The van der Waals surface area contributed by atoms with E-state index >= 15 is 0 Å². The van der Waals surface area contributed by atoms with Crippen molar-refractivity contribution in [3.8, 4) is 18.0 Å². The molecule has 0 atom stereocenters. The van der Waals surface area contributed by atoms with E-state index < -0.39 is 0 Å². The number of allylic oxidation sites excluding steroid dienone is 4. The molecule has 6 rings (SSSR count). The van der Waals surface area contributed by atoms with Crippen molar-refractivity contribution in [1.29, 1.82) is 0 Å². The first kappa shape index (κ1) is 22.8. The fourth-order valence-electron chi connectivity index (χ4n) is 5.59. The molecule has 2 heterocycles. The van der Waals surface area contributed by atoms with Gasteiger partial charge in [-0.2, -0.15) is 0 Å². The molecule has 0 unspecified atom stereocenters. The van der Waals surface area contributed by atoms with Gasteiger partial charge in [-0.15, -0.1) is 6.42 Å². The van der Waals surface area contributed by atoms with Gasteiger partial charge in [0.1, 0.15) is 0 Å². The number of fused-ring (bicyclic) bond motifs is 4. The van der Waals surface area contributed by atoms with E-state index in [0.29, 0.717) is 26.7 Å². The number of benzene rings is 2. The highest BCUT2D eigenvalue weighted by atomic mass is 16.1. The fourth-order valence-corrected chi connectivity index (χ4v) is 5.59. The number of para-hydroxylation sites is 1. The average Bonchev–Trinajstić information content (AvgIpc) is 2.95. The summed E-state index contributed by atoms with van der Waals surface area (Å²) in [6.07, 6.45) is 22.7. The molecule has 4 heteroatoms. The average molecular weight is 483 g/mol. The summed E-state index contributed by atoms with van der Waals surface area (Å²) in [5, 5.41) is 4.31. The molecular formula is C33H26N2O2. The Kier molecular flexibility index (Phi) is 5.62. The van der Waals surface area contributed by atoms with Crippen molar-refractivity contribution in [2.45, 2.75) is 32.6 Å². The Morgan fingerprint density at radius 3 is 2.11 bits per heavy atom. The Balaban J connectivity index is 1.90. The van der Waals surface area contributed by atoms with Gasteiger partial charge in [0, 0.05) is 32.6 Å². The van der Waals surface area contributed by atoms with Crippen LogP contribution in [0.1, 0.15) is 32.6 Å². The third-order valence-corrected chi connectivity index (χ3v) is 7.23. The van der Waals surface area contributed by atoms with Crippen LogP contribution in [0.5, 0.6) is 0 Å². The lowest BCUT2D eigenvalue weighted by atomic mass is 10.0. The van der Waals surface area contributed by atoms with Gasteiger partial charge >= 0.3 is 0 Å². The largest absolute Gasteiger partial charge is 0.310 e. The monoisotopic (exact) mass is 482 g/mol. The quantitative estimate of drug-likeness (QED) is 0.256. The topological polar surface area (TPSA) is 44.0 Å². The lowest BCUT2D eigenvalue weighted by molar-refractivity contribution is 0.986. The van der Waals surface area contributed by atoms with Crippen molar-refractivity contribution in [2.24, 2.45) is 0 Å². The van der Waals surface area contributed by atoms with Crippen LogP contribution in [0.15, 0.2) is 70.3 Å². The summed E-state index contributed by atoms with van der Waals surface area (Å²) >= 11 is 0. The third-order valence-electron chi connectivity index (χ3n) is 7.23. The maximum atomic E-state index is 13.9. The van der Waals surface area contributed by atoms with Crippen LogP contribution >= 0.6 is 0 Å². The van der Waals surface area contributed by atoms with Crippen molar-refractivity contribution >= 4 is 51.8 Å². The number of nitrogens with zero attached hydrogens (tertiary/aromatic N) is 2. The molecule has 4 aromatic rings. The minimum Gasteiger partial charge on any atom is -0.310 e. The van der Waals surface area contributed by atoms with E-state index in [2.05, 4.69) is 27.2 Å². The summed E-state index contributed by atoms with van der Waals surface area (Å²) in [6, 6.07) is 13.8.